The highest BCUT2D eigenvalue weighted by atomic mass is 16.5. The number of amides is 1. The Morgan fingerprint density at radius 3 is 2.93 bits per heavy atom. The van der Waals surface area contributed by atoms with Crippen LogP contribution in [0.1, 0.15) is 51.0 Å². The van der Waals surface area contributed by atoms with E-state index in [0.717, 1.165) is 57.0 Å². The SMILES string of the molecule is CC1CCCN(CC2CC3(CCN(C(=O)CCc4cccnc4)CC3)CO2)C1. The Morgan fingerprint density at radius 1 is 1.32 bits per heavy atom. The summed E-state index contributed by atoms with van der Waals surface area (Å²) in [5, 5.41) is 0. The van der Waals surface area contributed by atoms with Gasteiger partial charge in [0.15, 0.2) is 0 Å². The van der Waals surface area contributed by atoms with Crippen molar-refractivity contribution in [1.82, 2.24) is 14.8 Å². The van der Waals surface area contributed by atoms with Crippen LogP contribution in [-0.4, -0.2) is 66.1 Å². The average molecular weight is 386 g/mol. The molecular formula is C23H35N3O2. The van der Waals surface area contributed by atoms with Crippen LogP contribution in [0.25, 0.3) is 0 Å². The number of nitrogens with zero attached hydrogens (tertiary/aromatic N) is 3. The van der Waals surface area contributed by atoms with E-state index in [4.69, 9.17) is 4.74 Å². The van der Waals surface area contributed by atoms with E-state index in [1.54, 1.807) is 6.20 Å². The number of rotatable bonds is 5. The summed E-state index contributed by atoms with van der Waals surface area (Å²) in [6, 6.07) is 3.98. The molecule has 3 aliphatic heterocycles. The summed E-state index contributed by atoms with van der Waals surface area (Å²) in [4.78, 5) is 21.4. The molecule has 28 heavy (non-hydrogen) atoms. The highest BCUT2D eigenvalue weighted by Crippen LogP contribution is 2.42. The number of likely N-dealkylation sites (tertiary alicyclic amines) is 2. The van der Waals surface area contributed by atoms with Gasteiger partial charge in [-0.2, -0.15) is 0 Å². The molecule has 5 nitrogen and oxygen atoms in total. The lowest BCUT2D eigenvalue weighted by Crippen LogP contribution is -2.44. The van der Waals surface area contributed by atoms with Crippen molar-refractivity contribution < 1.29 is 9.53 Å². The van der Waals surface area contributed by atoms with E-state index in [1.165, 1.54) is 32.4 Å². The van der Waals surface area contributed by atoms with Crippen LogP contribution in [0, 0.1) is 11.3 Å². The first-order chi connectivity index (χ1) is 13.6. The number of carbonyl (C=O) groups excluding carboxylic acids is 1. The predicted molar refractivity (Wildman–Crippen MR) is 110 cm³/mol. The average Bonchev–Trinajstić information content (AvgIpc) is 3.09. The third-order valence-corrected chi connectivity index (χ3v) is 7.02. The second-order valence-electron chi connectivity index (χ2n) is 9.39. The summed E-state index contributed by atoms with van der Waals surface area (Å²) in [7, 11) is 0. The van der Waals surface area contributed by atoms with Gasteiger partial charge in [0.05, 0.1) is 12.7 Å². The van der Waals surface area contributed by atoms with Gasteiger partial charge in [0.2, 0.25) is 5.91 Å². The van der Waals surface area contributed by atoms with Crippen molar-refractivity contribution in [1.29, 1.82) is 0 Å². The second-order valence-corrected chi connectivity index (χ2v) is 9.39. The molecule has 2 unspecified atom stereocenters. The molecule has 3 saturated heterocycles. The number of aryl methyl sites for hydroxylation is 1. The molecule has 0 aliphatic carbocycles. The summed E-state index contributed by atoms with van der Waals surface area (Å²) < 4.78 is 6.23. The zero-order valence-corrected chi connectivity index (χ0v) is 17.3. The van der Waals surface area contributed by atoms with Crippen molar-refractivity contribution in [3.63, 3.8) is 0 Å². The summed E-state index contributed by atoms with van der Waals surface area (Å²) in [6.07, 6.45) is 11.5. The van der Waals surface area contributed by atoms with Gasteiger partial charge in [0.1, 0.15) is 0 Å². The minimum absolute atomic E-state index is 0.288. The Hall–Kier alpha value is -1.46. The molecule has 0 saturated carbocycles. The van der Waals surface area contributed by atoms with E-state index in [9.17, 15) is 4.79 Å². The summed E-state index contributed by atoms with van der Waals surface area (Å²) >= 11 is 0. The molecule has 154 valence electrons. The number of piperidine rings is 2. The van der Waals surface area contributed by atoms with Crippen molar-refractivity contribution in [3.8, 4) is 0 Å². The Labute approximate surface area is 169 Å². The summed E-state index contributed by atoms with van der Waals surface area (Å²) in [6.45, 7) is 8.59. The van der Waals surface area contributed by atoms with Crippen LogP contribution in [-0.2, 0) is 16.0 Å². The molecule has 1 aromatic heterocycles. The lowest BCUT2D eigenvalue weighted by atomic mass is 9.76. The summed E-state index contributed by atoms with van der Waals surface area (Å²) in [5.74, 6) is 1.11. The van der Waals surface area contributed by atoms with E-state index in [-0.39, 0.29) is 5.91 Å². The second kappa shape index (κ2) is 8.91. The lowest BCUT2D eigenvalue weighted by Gasteiger charge is -2.39. The van der Waals surface area contributed by atoms with Crippen LogP contribution < -0.4 is 0 Å². The van der Waals surface area contributed by atoms with Gasteiger partial charge in [-0.3, -0.25) is 9.78 Å². The molecule has 0 aromatic carbocycles. The maximum Gasteiger partial charge on any atom is 0.222 e. The molecule has 1 aromatic rings. The minimum Gasteiger partial charge on any atom is -0.376 e. The highest BCUT2D eigenvalue weighted by molar-refractivity contribution is 5.76. The number of ether oxygens (including phenoxy) is 1. The molecule has 4 heterocycles. The Kier molecular flexibility index (Phi) is 6.32. The fraction of sp³-hybridized carbons (Fsp3) is 0.739. The topological polar surface area (TPSA) is 45.7 Å². The lowest BCUT2D eigenvalue weighted by molar-refractivity contribution is -0.133. The van der Waals surface area contributed by atoms with E-state index in [1.807, 2.05) is 18.3 Å². The minimum atomic E-state index is 0.288. The molecule has 4 rings (SSSR count). The maximum absolute atomic E-state index is 12.6. The van der Waals surface area contributed by atoms with Gasteiger partial charge in [0.25, 0.3) is 0 Å². The van der Waals surface area contributed by atoms with E-state index in [2.05, 4.69) is 21.7 Å². The van der Waals surface area contributed by atoms with Crippen LogP contribution in [0.3, 0.4) is 0 Å². The third-order valence-electron chi connectivity index (χ3n) is 7.02. The first kappa shape index (κ1) is 19.8. The molecule has 5 heteroatoms. The van der Waals surface area contributed by atoms with Gasteiger partial charge < -0.3 is 14.5 Å². The Balaban J connectivity index is 1.21. The van der Waals surface area contributed by atoms with Crippen LogP contribution in [0.15, 0.2) is 24.5 Å². The number of hydrogen-bond donors (Lipinski definition) is 0. The van der Waals surface area contributed by atoms with Crippen molar-refractivity contribution in [2.24, 2.45) is 11.3 Å². The smallest absolute Gasteiger partial charge is 0.222 e. The van der Waals surface area contributed by atoms with E-state index < -0.39 is 0 Å². The molecular weight excluding hydrogens is 350 g/mol. The monoisotopic (exact) mass is 385 g/mol. The van der Waals surface area contributed by atoms with Crippen molar-refractivity contribution in [3.05, 3.63) is 30.1 Å². The molecule has 0 N–H and O–H groups in total. The fourth-order valence-corrected chi connectivity index (χ4v) is 5.29. The number of hydrogen-bond acceptors (Lipinski definition) is 4. The van der Waals surface area contributed by atoms with Gasteiger partial charge in [0, 0.05) is 45.0 Å². The van der Waals surface area contributed by atoms with Gasteiger partial charge in [-0.1, -0.05) is 13.0 Å². The van der Waals surface area contributed by atoms with Gasteiger partial charge in [-0.05, 0) is 68.0 Å². The number of pyridine rings is 1. The van der Waals surface area contributed by atoms with Crippen molar-refractivity contribution in [2.45, 2.75) is 58.0 Å². The quantitative estimate of drug-likeness (QED) is 0.781. The Morgan fingerprint density at radius 2 is 2.18 bits per heavy atom. The molecule has 1 spiro atoms. The van der Waals surface area contributed by atoms with Crippen LogP contribution >= 0.6 is 0 Å². The molecule has 3 fully saturated rings. The maximum atomic E-state index is 12.6. The largest absolute Gasteiger partial charge is 0.376 e. The van der Waals surface area contributed by atoms with Crippen molar-refractivity contribution >= 4 is 5.91 Å². The van der Waals surface area contributed by atoms with Gasteiger partial charge in [-0.15, -0.1) is 0 Å². The van der Waals surface area contributed by atoms with Crippen LogP contribution in [0.2, 0.25) is 0 Å². The Bertz CT molecular complexity index is 643. The number of carbonyl (C=O) groups is 1. The van der Waals surface area contributed by atoms with Gasteiger partial charge >= 0.3 is 0 Å². The van der Waals surface area contributed by atoms with Crippen LogP contribution in [0.4, 0.5) is 0 Å². The molecule has 0 bridgehead atoms. The zero-order chi connectivity index (χ0) is 19.4. The van der Waals surface area contributed by atoms with E-state index in [0.29, 0.717) is 17.9 Å². The third kappa shape index (κ3) is 4.93. The predicted octanol–water partition coefficient (Wildman–Crippen LogP) is 3.14. The molecule has 1 amide bonds. The fourth-order valence-electron chi connectivity index (χ4n) is 5.29. The molecule has 0 radical (unpaired) electrons. The first-order valence-electron chi connectivity index (χ1n) is 11.1. The van der Waals surface area contributed by atoms with Crippen molar-refractivity contribution in [2.75, 3.05) is 39.3 Å². The first-order valence-corrected chi connectivity index (χ1v) is 11.1. The molecule has 2 atom stereocenters. The highest BCUT2D eigenvalue weighted by Gasteiger charge is 2.43. The molecule has 3 aliphatic rings. The standard InChI is InChI=1S/C23H35N3O2/c1-19-4-3-11-25(16-19)17-21-14-23(18-28-21)8-12-26(13-9-23)22(27)7-6-20-5-2-10-24-15-20/h2,5,10,15,19,21H,3-4,6-9,11-14,16-18H2,1H3. The van der Waals surface area contributed by atoms with E-state index >= 15 is 0 Å². The number of aromatic nitrogens is 1. The summed E-state index contributed by atoms with van der Waals surface area (Å²) in [5.41, 5.74) is 1.45. The van der Waals surface area contributed by atoms with Crippen LogP contribution in [0.5, 0.6) is 0 Å². The normalized spacial score (nSPS) is 28.0. The van der Waals surface area contributed by atoms with Gasteiger partial charge in [-0.25, -0.2) is 0 Å². The zero-order valence-electron chi connectivity index (χ0n) is 17.3.